The molecule has 4 aromatic rings. The van der Waals surface area contributed by atoms with Crippen LogP contribution < -0.4 is 5.32 Å². The number of amides is 1. The lowest BCUT2D eigenvalue weighted by Crippen LogP contribution is -2.25. The molecule has 3 heterocycles. The first-order chi connectivity index (χ1) is 13.9. The summed E-state index contributed by atoms with van der Waals surface area (Å²) in [7, 11) is 0. The molecule has 8 heteroatoms. The Morgan fingerprint density at radius 3 is 2.41 bits per heavy atom. The monoisotopic (exact) mass is 398 g/mol. The van der Waals surface area contributed by atoms with Crippen molar-refractivity contribution >= 4 is 11.6 Å². The van der Waals surface area contributed by atoms with Gasteiger partial charge < -0.3 is 14.3 Å². The predicted molar refractivity (Wildman–Crippen MR) is 102 cm³/mol. The molecule has 0 spiro atoms. The normalized spacial score (nSPS) is 11.7. The number of carbonyl (C=O) groups excluding carboxylic acids is 1. The van der Waals surface area contributed by atoms with E-state index in [1.807, 2.05) is 41.2 Å². The fraction of sp³-hybridized carbons (Fsp3) is 0.143. The quantitative estimate of drug-likeness (QED) is 0.550. The van der Waals surface area contributed by atoms with Gasteiger partial charge in [-0.05, 0) is 48.5 Å². The number of hydrogen-bond donors (Lipinski definition) is 1. The molecule has 29 heavy (non-hydrogen) atoms. The van der Waals surface area contributed by atoms with Crippen LogP contribution in [0.2, 0.25) is 0 Å². The summed E-state index contributed by atoms with van der Waals surface area (Å²) in [6, 6.07) is 13.4. The molecular formula is C21H17F3N4O. The van der Waals surface area contributed by atoms with E-state index in [1.54, 1.807) is 18.3 Å². The van der Waals surface area contributed by atoms with Crippen LogP contribution >= 0.6 is 0 Å². The van der Waals surface area contributed by atoms with Gasteiger partial charge in [0.1, 0.15) is 5.65 Å². The molecule has 0 bridgehead atoms. The maximum atomic E-state index is 12.8. The van der Waals surface area contributed by atoms with Crippen LogP contribution in [-0.2, 0) is 12.6 Å². The van der Waals surface area contributed by atoms with Crippen LogP contribution in [0.3, 0.4) is 0 Å². The SMILES string of the molecule is O=C(NCCc1cn2cc(C(F)(F)F)ccc2n1)c1ccc(-n2cccc2)cc1. The van der Waals surface area contributed by atoms with Crippen molar-refractivity contribution in [3.63, 3.8) is 0 Å². The second kappa shape index (κ2) is 7.46. The predicted octanol–water partition coefficient (Wildman–Crippen LogP) is 4.12. The molecule has 0 saturated heterocycles. The molecule has 1 aromatic carbocycles. The van der Waals surface area contributed by atoms with Crippen molar-refractivity contribution in [1.82, 2.24) is 19.3 Å². The summed E-state index contributed by atoms with van der Waals surface area (Å²) in [5, 5.41) is 2.81. The number of carbonyl (C=O) groups is 1. The first-order valence-electron chi connectivity index (χ1n) is 8.96. The van der Waals surface area contributed by atoms with Gasteiger partial charge in [-0.1, -0.05) is 0 Å². The van der Waals surface area contributed by atoms with Crippen LogP contribution in [0.5, 0.6) is 0 Å². The highest BCUT2D eigenvalue weighted by atomic mass is 19.4. The fourth-order valence-electron chi connectivity index (χ4n) is 3.03. The Morgan fingerprint density at radius 2 is 1.72 bits per heavy atom. The molecule has 0 aliphatic heterocycles. The van der Waals surface area contributed by atoms with Gasteiger partial charge in [-0.2, -0.15) is 13.2 Å². The van der Waals surface area contributed by atoms with Gasteiger partial charge in [0.25, 0.3) is 5.91 Å². The van der Waals surface area contributed by atoms with Gasteiger partial charge in [0.05, 0.1) is 11.3 Å². The molecule has 4 rings (SSSR count). The van der Waals surface area contributed by atoms with Crippen molar-refractivity contribution in [3.8, 4) is 5.69 Å². The summed E-state index contributed by atoms with van der Waals surface area (Å²) < 4.78 is 41.7. The molecular weight excluding hydrogens is 381 g/mol. The molecule has 0 aliphatic carbocycles. The van der Waals surface area contributed by atoms with E-state index in [1.165, 1.54) is 10.5 Å². The van der Waals surface area contributed by atoms with Gasteiger partial charge in [0.2, 0.25) is 0 Å². The van der Waals surface area contributed by atoms with Crippen LogP contribution in [-0.4, -0.2) is 26.4 Å². The van der Waals surface area contributed by atoms with Crippen LogP contribution in [0, 0.1) is 0 Å². The lowest BCUT2D eigenvalue weighted by atomic mass is 10.2. The van der Waals surface area contributed by atoms with Gasteiger partial charge in [-0.15, -0.1) is 0 Å². The zero-order valence-corrected chi connectivity index (χ0v) is 15.2. The van der Waals surface area contributed by atoms with Crippen molar-refractivity contribution in [2.75, 3.05) is 6.54 Å². The molecule has 3 aromatic heterocycles. The van der Waals surface area contributed by atoms with Crippen molar-refractivity contribution in [2.24, 2.45) is 0 Å². The Morgan fingerprint density at radius 1 is 1.00 bits per heavy atom. The van der Waals surface area contributed by atoms with Crippen molar-refractivity contribution < 1.29 is 18.0 Å². The molecule has 0 atom stereocenters. The highest BCUT2D eigenvalue weighted by molar-refractivity contribution is 5.94. The number of benzene rings is 1. The summed E-state index contributed by atoms with van der Waals surface area (Å²) in [6.07, 6.45) is 2.40. The number of alkyl halides is 3. The minimum absolute atomic E-state index is 0.216. The Balaban J connectivity index is 1.36. The molecule has 0 radical (unpaired) electrons. The molecule has 1 N–H and O–H groups in total. The standard InChI is InChI=1S/C21H17F3N4O/c22-21(23,24)16-5-8-19-26-17(14-28(19)13-16)9-10-25-20(29)15-3-6-18(7-4-15)27-11-1-2-12-27/h1-8,11-14H,9-10H2,(H,25,29). The summed E-state index contributed by atoms with van der Waals surface area (Å²) in [5.74, 6) is -0.216. The topological polar surface area (TPSA) is 51.3 Å². The zero-order valence-electron chi connectivity index (χ0n) is 15.2. The number of aromatic nitrogens is 3. The van der Waals surface area contributed by atoms with E-state index in [4.69, 9.17) is 0 Å². The highest BCUT2D eigenvalue weighted by Gasteiger charge is 2.30. The number of halogens is 3. The van der Waals surface area contributed by atoms with Gasteiger partial charge in [0, 0.05) is 49.0 Å². The minimum Gasteiger partial charge on any atom is -0.352 e. The smallest absolute Gasteiger partial charge is 0.352 e. The number of nitrogens with zero attached hydrogens (tertiary/aromatic N) is 3. The Labute approximate surface area is 164 Å². The average molecular weight is 398 g/mol. The first kappa shape index (κ1) is 18.8. The number of fused-ring (bicyclic) bond motifs is 1. The molecule has 0 fully saturated rings. The van der Waals surface area contributed by atoms with Crippen LogP contribution in [0.1, 0.15) is 21.6 Å². The third kappa shape index (κ3) is 4.16. The Hall–Kier alpha value is -3.55. The van der Waals surface area contributed by atoms with E-state index >= 15 is 0 Å². The second-order valence-corrected chi connectivity index (χ2v) is 6.56. The third-order valence-electron chi connectivity index (χ3n) is 4.53. The molecule has 0 aliphatic rings. The van der Waals surface area contributed by atoms with Crippen LogP contribution in [0.15, 0.2) is 73.3 Å². The average Bonchev–Trinajstić information content (AvgIpc) is 3.36. The second-order valence-electron chi connectivity index (χ2n) is 6.56. The van der Waals surface area contributed by atoms with E-state index < -0.39 is 11.7 Å². The van der Waals surface area contributed by atoms with Gasteiger partial charge in [0.15, 0.2) is 0 Å². The van der Waals surface area contributed by atoms with Crippen LogP contribution in [0.25, 0.3) is 11.3 Å². The van der Waals surface area contributed by atoms with Crippen molar-refractivity contribution in [3.05, 3.63) is 90.1 Å². The molecule has 0 unspecified atom stereocenters. The van der Waals surface area contributed by atoms with E-state index in [2.05, 4.69) is 10.3 Å². The number of nitrogens with one attached hydrogen (secondary N) is 1. The van der Waals surface area contributed by atoms with Crippen LogP contribution in [0.4, 0.5) is 13.2 Å². The van der Waals surface area contributed by atoms with Gasteiger partial charge >= 0.3 is 6.18 Å². The summed E-state index contributed by atoms with van der Waals surface area (Å²) in [6.45, 7) is 0.328. The van der Waals surface area contributed by atoms with Gasteiger partial charge in [-0.3, -0.25) is 4.79 Å². The first-order valence-corrected chi connectivity index (χ1v) is 8.96. The molecule has 148 valence electrons. The Bertz CT molecular complexity index is 1130. The fourth-order valence-corrected chi connectivity index (χ4v) is 3.03. The maximum Gasteiger partial charge on any atom is 0.417 e. The molecule has 5 nitrogen and oxygen atoms in total. The largest absolute Gasteiger partial charge is 0.417 e. The summed E-state index contributed by atoms with van der Waals surface area (Å²) >= 11 is 0. The number of rotatable bonds is 5. The highest BCUT2D eigenvalue weighted by Crippen LogP contribution is 2.29. The van der Waals surface area contributed by atoms with Gasteiger partial charge in [-0.25, -0.2) is 4.98 Å². The number of hydrogen-bond acceptors (Lipinski definition) is 2. The zero-order chi connectivity index (χ0) is 20.4. The number of pyridine rings is 1. The lowest BCUT2D eigenvalue weighted by Gasteiger charge is -2.06. The van der Waals surface area contributed by atoms with E-state index in [9.17, 15) is 18.0 Å². The van der Waals surface area contributed by atoms with E-state index in [0.29, 0.717) is 29.9 Å². The van der Waals surface area contributed by atoms with E-state index in [0.717, 1.165) is 18.0 Å². The summed E-state index contributed by atoms with van der Waals surface area (Å²) in [5.41, 5.74) is 1.79. The summed E-state index contributed by atoms with van der Waals surface area (Å²) in [4.78, 5) is 16.6. The lowest BCUT2D eigenvalue weighted by molar-refractivity contribution is -0.137. The third-order valence-corrected chi connectivity index (χ3v) is 4.53. The Kier molecular flexibility index (Phi) is 4.84. The van der Waals surface area contributed by atoms with Crippen molar-refractivity contribution in [2.45, 2.75) is 12.6 Å². The molecule has 1 amide bonds. The molecule has 0 saturated carbocycles. The number of imidazole rings is 1. The maximum absolute atomic E-state index is 12.8. The van der Waals surface area contributed by atoms with E-state index in [-0.39, 0.29) is 5.91 Å². The van der Waals surface area contributed by atoms with Crippen molar-refractivity contribution in [1.29, 1.82) is 0 Å². The minimum atomic E-state index is -4.40.